The molecule has 0 aliphatic carbocycles. The number of nitrogens with zero attached hydrogens (tertiary/aromatic N) is 4. The summed E-state index contributed by atoms with van der Waals surface area (Å²) in [4.78, 5) is 11.6. The molecule has 1 aromatic rings. The van der Waals surface area contributed by atoms with Crippen LogP contribution in [0, 0.1) is 0 Å². The van der Waals surface area contributed by atoms with Crippen molar-refractivity contribution in [2.75, 3.05) is 73.7 Å². The quantitative estimate of drug-likeness (QED) is 0.338. The first kappa shape index (κ1) is 24.2. The molecule has 29 heavy (non-hydrogen) atoms. The Kier molecular flexibility index (Phi) is 10.5. The molecule has 2 fully saturated rings. The van der Waals surface area contributed by atoms with E-state index >= 15 is 0 Å². The molecule has 2 aliphatic rings. The van der Waals surface area contributed by atoms with Gasteiger partial charge in [-0.25, -0.2) is 0 Å². The van der Waals surface area contributed by atoms with Crippen molar-refractivity contribution in [3.05, 3.63) is 29.8 Å². The molecule has 0 amide bonds. The zero-order chi connectivity index (χ0) is 19.8. The average Bonchev–Trinajstić information content (AvgIpc) is 3.19. The molecule has 0 saturated carbocycles. The van der Waals surface area contributed by atoms with Crippen molar-refractivity contribution in [3.8, 4) is 5.75 Å². The van der Waals surface area contributed by atoms with Crippen LogP contribution in [0.5, 0.6) is 5.75 Å². The monoisotopic (exact) mass is 517 g/mol. The van der Waals surface area contributed by atoms with E-state index in [1.165, 1.54) is 12.0 Å². The van der Waals surface area contributed by atoms with Crippen LogP contribution in [0.2, 0.25) is 0 Å². The van der Waals surface area contributed by atoms with Crippen molar-refractivity contribution in [2.24, 2.45) is 4.99 Å². The van der Waals surface area contributed by atoms with Crippen molar-refractivity contribution >= 4 is 29.9 Å². The number of rotatable bonds is 7. The summed E-state index contributed by atoms with van der Waals surface area (Å²) in [5, 5.41) is 3.52. The van der Waals surface area contributed by atoms with Crippen LogP contribution in [-0.4, -0.2) is 100 Å². The van der Waals surface area contributed by atoms with Crippen LogP contribution >= 0.6 is 24.0 Å². The maximum atomic E-state index is 5.85. The molecule has 0 bridgehead atoms. The lowest BCUT2D eigenvalue weighted by atomic mass is 10.2. The fraction of sp³-hybridized carbons (Fsp3) is 0.667. The van der Waals surface area contributed by atoms with Gasteiger partial charge in [0.15, 0.2) is 5.96 Å². The largest absolute Gasteiger partial charge is 0.492 e. The number of halogens is 1. The summed E-state index contributed by atoms with van der Waals surface area (Å²) in [5.74, 6) is 1.90. The van der Waals surface area contributed by atoms with Crippen molar-refractivity contribution in [3.63, 3.8) is 0 Å². The van der Waals surface area contributed by atoms with E-state index in [4.69, 9.17) is 9.47 Å². The molecule has 164 valence electrons. The maximum absolute atomic E-state index is 5.85. The highest BCUT2D eigenvalue weighted by molar-refractivity contribution is 14.0. The Labute approximate surface area is 192 Å². The molecule has 0 spiro atoms. The van der Waals surface area contributed by atoms with Crippen molar-refractivity contribution < 1.29 is 9.47 Å². The van der Waals surface area contributed by atoms with E-state index in [2.05, 4.69) is 57.3 Å². The molecule has 1 aromatic carbocycles. The second kappa shape index (κ2) is 12.6. The number of likely N-dealkylation sites (N-methyl/N-ethyl adjacent to an activating group) is 1. The fourth-order valence-corrected chi connectivity index (χ4v) is 3.78. The molecule has 7 nitrogen and oxygen atoms in total. The van der Waals surface area contributed by atoms with Gasteiger partial charge in [0.25, 0.3) is 0 Å². The minimum atomic E-state index is 0. The molecule has 1 N–H and O–H groups in total. The molecule has 2 saturated heterocycles. The van der Waals surface area contributed by atoms with Gasteiger partial charge in [0.2, 0.25) is 0 Å². The van der Waals surface area contributed by atoms with Crippen molar-refractivity contribution in [1.82, 2.24) is 20.0 Å². The Morgan fingerprint density at radius 1 is 1.28 bits per heavy atom. The predicted octanol–water partition coefficient (Wildman–Crippen LogP) is 1.73. The molecule has 2 aliphatic heterocycles. The van der Waals surface area contributed by atoms with Crippen LogP contribution in [0.3, 0.4) is 0 Å². The Morgan fingerprint density at radius 3 is 2.79 bits per heavy atom. The summed E-state index contributed by atoms with van der Waals surface area (Å²) in [6.45, 7) is 8.25. The first-order valence-corrected chi connectivity index (χ1v) is 10.3. The van der Waals surface area contributed by atoms with E-state index in [1.807, 2.05) is 13.1 Å². The van der Waals surface area contributed by atoms with Crippen LogP contribution in [0.4, 0.5) is 0 Å². The number of aliphatic imine (C=N–C) groups is 1. The maximum Gasteiger partial charge on any atom is 0.193 e. The van der Waals surface area contributed by atoms with Crippen LogP contribution < -0.4 is 10.1 Å². The van der Waals surface area contributed by atoms with Gasteiger partial charge in [0.1, 0.15) is 12.4 Å². The molecule has 0 radical (unpaired) electrons. The number of likely N-dealkylation sites (tertiary alicyclic amines) is 1. The second-order valence-electron chi connectivity index (χ2n) is 7.74. The third-order valence-electron chi connectivity index (χ3n) is 5.39. The highest BCUT2D eigenvalue weighted by Gasteiger charge is 2.30. The summed E-state index contributed by atoms with van der Waals surface area (Å²) in [6.07, 6.45) is 1.19. The third kappa shape index (κ3) is 7.58. The number of guanidine groups is 1. The van der Waals surface area contributed by atoms with Crippen LogP contribution in [0.1, 0.15) is 12.0 Å². The number of nitrogens with one attached hydrogen (secondary N) is 1. The van der Waals surface area contributed by atoms with E-state index in [0.29, 0.717) is 12.6 Å². The SMILES string of the molecule is CN=C(NCc1cccc(OCCN(C)C)c1)N1CCC(N2CCOCC2)C1.I. The van der Waals surface area contributed by atoms with Gasteiger partial charge in [-0.2, -0.15) is 0 Å². The highest BCUT2D eigenvalue weighted by Crippen LogP contribution is 2.18. The van der Waals surface area contributed by atoms with Gasteiger partial charge in [-0.3, -0.25) is 9.89 Å². The zero-order valence-electron chi connectivity index (χ0n) is 18.0. The fourth-order valence-electron chi connectivity index (χ4n) is 3.78. The number of morpholine rings is 1. The van der Waals surface area contributed by atoms with E-state index in [-0.39, 0.29) is 24.0 Å². The Bertz CT molecular complexity index is 637. The van der Waals surface area contributed by atoms with Gasteiger partial charge < -0.3 is 24.6 Å². The molecule has 1 atom stereocenters. The lowest BCUT2D eigenvalue weighted by Gasteiger charge is -2.32. The second-order valence-corrected chi connectivity index (χ2v) is 7.74. The van der Waals surface area contributed by atoms with E-state index in [1.54, 1.807) is 0 Å². The van der Waals surface area contributed by atoms with Crippen LogP contribution in [0.25, 0.3) is 0 Å². The number of hydrogen-bond donors (Lipinski definition) is 1. The van der Waals surface area contributed by atoms with E-state index in [9.17, 15) is 0 Å². The summed E-state index contributed by atoms with van der Waals surface area (Å²) in [6, 6.07) is 8.91. The van der Waals surface area contributed by atoms with Crippen LogP contribution in [0.15, 0.2) is 29.3 Å². The number of ether oxygens (including phenoxy) is 2. The lowest BCUT2D eigenvalue weighted by Crippen LogP contribution is -2.46. The smallest absolute Gasteiger partial charge is 0.193 e. The van der Waals surface area contributed by atoms with E-state index < -0.39 is 0 Å². The topological polar surface area (TPSA) is 52.6 Å². The summed E-state index contributed by atoms with van der Waals surface area (Å²) >= 11 is 0. The van der Waals surface area contributed by atoms with Crippen LogP contribution in [-0.2, 0) is 11.3 Å². The lowest BCUT2D eigenvalue weighted by molar-refractivity contribution is 0.0195. The normalized spacial score (nSPS) is 20.6. The molecular weight excluding hydrogens is 481 g/mol. The molecule has 1 unspecified atom stereocenters. The summed E-state index contributed by atoms with van der Waals surface area (Å²) < 4.78 is 11.3. The predicted molar refractivity (Wildman–Crippen MR) is 128 cm³/mol. The van der Waals surface area contributed by atoms with Gasteiger partial charge in [-0.1, -0.05) is 12.1 Å². The van der Waals surface area contributed by atoms with Gasteiger partial charge in [0.05, 0.1) is 13.2 Å². The Morgan fingerprint density at radius 2 is 2.07 bits per heavy atom. The van der Waals surface area contributed by atoms with Gasteiger partial charge in [0, 0.05) is 52.4 Å². The molecule has 0 aromatic heterocycles. The Hall–Kier alpha value is -1.10. The number of hydrogen-bond acceptors (Lipinski definition) is 5. The van der Waals surface area contributed by atoms with Gasteiger partial charge in [-0.05, 0) is 38.2 Å². The molecule has 3 rings (SSSR count). The zero-order valence-corrected chi connectivity index (χ0v) is 20.3. The third-order valence-corrected chi connectivity index (χ3v) is 5.39. The standard InChI is InChI=1S/C21H35N5O2.HI/c1-22-21(26-8-7-19(17-26)25-10-12-27-13-11-25)23-16-18-5-4-6-20(15-18)28-14-9-24(2)3;/h4-6,15,19H,7-14,16-17H2,1-3H3,(H,22,23);1H. The van der Waals surface area contributed by atoms with E-state index in [0.717, 1.165) is 64.2 Å². The highest BCUT2D eigenvalue weighted by atomic mass is 127. The average molecular weight is 517 g/mol. The minimum absolute atomic E-state index is 0. The molecule has 2 heterocycles. The summed E-state index contributed by atoms with van der Waals surface area (Å²) in [7, 11) is 5.97. The minimum Gasteiger partial charge on any atom is -0.492 e. The van der Waals surface area contributed by atoms with Crippen molar-refractivity contribution in [1.29, 1.82) is 0 Å². The molecular formula is C21H36IN5O2. The first-order chi connectivity index (χ1) is 13.7. The number of benzene rings is 1. The molecule has 8 heteroatoms. The Balaban J connectivity index is 0.00000300. The first-order valence-electron chi connectivity index (χ1n) is 10.3. The van der Waals surface area contributed by atoms with Crippen molar-refractivity contribution in [2.45, 2.75) is 19.0 Å². The van der Waals surface area contributed by atoms with Gasteiger partial charge >= 0.3 is 0 Å². The summed E-state index contributed by atoms with van der Waals surface area (Å²) in [5.41, 5.74) is 1.20. The van der Waals surface area contributed by atoms with Gasteiger partial charge in [-0.15, -0.1) is 24.0 Å².